The van der Waals surface area contributed by atoms with Crippen LogP contribution < -0.4 is 0 Å². The van der Waals surface area contributed by atoms with Crippen molar-refractivity contribution in [2.24, 2.45) is 17.8 Å². The second kappa shape index (κ2) is 7.17. The number of aromatic nitrogens is 1. The maximum Gasteiger partial charge on any atom is 0.251 e. The molecule has 0 aromatic carbocycles. The van der Waals surface area contributed by atoms with Gasteiger partial charge in [0.05, 0.1) is 25.7 Å². The van der Waals surface area contributed by atoms with E-state index >= 15 is 0 Å². The quantitative estimate of drug-likeness (QED) is 0.836. The third-order valence-electron chi connectivity index (χ3n) is 5.43. The van der Waals surface area contributed by atoms with Crippen molar-refractivity contribution in [2.75, 3.05) is 39.5 Å². The highest BCUT2D eigenvalue weighted by Gasteiger charge is 2.45. The lowest BCUT2D eigenvalue weighted by atomic mass is 9.82. The Kier molecular flexibility index (Phi) is 4.78. The van der Waals surface area contributed by atoms with Crippen molar-refractivity contribution in [3.8, 4) is 0 Å². The van der Waals surface area contributed by atoms with E-state index in [0.29, 0.717) is 31.6 Å². The number of pyridine rings is 1. The zero-order valence-electron chi connectivity index (χ0n) is 14.0. The van der Waals surface area contributed by atoms with Crippen molar-refractivity contribution in [1.29, 1.82) is 0 Å². The van der Waals surface area contributed by atoms with Crippen molar-refractivity contribution >= 4 is 5.91 Å². The Morgan fingerprint density at radius 2 is 2.08 bits per heavy atom. The second-order valence-electron chi connectivity index (χ2n) is 7.10. The van der Waals surface area contributed by atoms with E-state index in [9.17, 15) is 4.79 Å². The number of carbonyl (C=O) groups excluding carboxylic acids is 1. The summed E-state index contributed by atoms with van der Waals surface area (Å²) in [7, 11) is 0. The van der Waals surface area contributed by atoms with E-state index in [1.807, 2.05) is 12.4 Å². The standard InChI is InChI=1S/C18H25N3O3/c22-18(21-7-1-2-8-24-21)17-13-23-12-15-10-20(11-16(15)17)9-14-3-5-19-6-4-14/h3-6,15-17H,1-2,7-13H2/t15-,16-,17+/m1/s1. The predicted octanol–water partition coefficient (Wildman–Crippen LogP) is 1.33. The SMILES string of the molecule is O=C([C@H]1COC[C@H]2CN(Cc3ccncc3)C[C@H]21)N1CCCCO1. The number of hydroxylamine groups is 2. The lowest BCUT2D eigenvalue weighted by Crippen LogP contribution is -2.47. The molecule has 3 atom stereocenters. The minimum atomic E-state index is -0.0655. The Hall–Kier alpha value is -1.50. The van der Waals surface area contributed by atoms with E-state index < -0.39 is 0 Å². The third kappa shape index (κ3) is 3.31. The molecule has 0 spiro atoms. The molecule has 0 unspecified atom stereocenters. The largest absolute Gasteiger partial charge is 0.380 e. The van der Waals surface area contributed by atoms with Gasteiger partial charge in [0.15, 0.2) is 0 Å². The molecule has 4 rings (SSSR count). The molecule has 3 aliphatic rings. The van der Waals surface area contributed by atoms with Gasteiger partial charge >= 0.3 is 0 Å². The van der Waals surface area contributed by atoms with Crippen LogP contribution >= 0.6 is 0 Å². The summed E-state index contributed by atoms with van der Waals surface area (Å²) in [5.74, 6) is 0.873. The highest BCUT2D eigenvalue weighted by atomic mass is 16.7. The molecule has 0 radical (unpaired) electrons. The number of fused-ring (bicyclic) bond motifs is 1. The Bertz CT molecular complexity index is 562. The van der Waals surface area contributed by atoms with Gasteiger partial charge in [-0.05, 0) is 42.4 Å². The molecule has 4 heterocycles. The van der Waals surface area contributed by atoms with Crippen LogP contribution in [-0.4, -0.2) is 60.3 Å². The van der Waals surface area contributed by atoms with Crippen molar-refractivity contribution < 1.29 is 14.4 Å². The molecule has 1 amide bonds. The molecule has 3 fully saturated rings. The molecule has 130 valence electrons. The summed E-state index contributed by atoms with van der Waals surface area (Å²) in [6, 6.07) is 4.12. The van der Waals surface area contributed by atoms with Crippen molar-refractivity contribution in [3.05, 3.63) is 30.1 Å². The van der Waals surface area contributed by atoms with Crippen molar-refractivity contribution in [3.63, 3.8) is 0 Å². The van der Waals surface area contributed by atoms with E-state index in [1.54, 1.807) is 5.06 Å². The zero-order valence-corrected chi connectivity index (χ0v) is 14.0. The average molecular weight is 331 g/mol. The summed E-state index contributed by atoms with van der Waals surface area (Å²) in [6.45, 7) is 5.54. The lowest BCUT2D eigenvalue weighted by molar-refractivity contribution is -0.207. The third-order valence-corrected chi connectivity index (χ3v) is 5.43. The van der Waals surface area contributed by atoms with Crippen LogP contribution in [0.5, 0.6) is 0 Å². The number of nitrogens with zero attached hydrogens (tertiary/aromatic N) is 3. The molecule has 0 saturated carbocycles. The van der Waals surface area contributed by atoms with E-state index in [-0.39, 0.29) is 11.8 Å². The van der Waals surface area contributed by atoms with E-state index in [1.165, 1.54) is 5.56 Å². The number of rotatable bonds is 3. The van der Waals surface area contributed by atoms with Crippen LogP contribution in [0.3, 0.4) is 0 Å². The lowest BCUT2D eigenvalue weighted by Gasteiger charge is -2.36. The van der Waals surface area contributed by atoms with Gasteiger partial charge in [-0.3, -0.25) is 19.5 Å². The Balaban J connectivity index is 1.41. The van der Waals surface area contributed by atoms with Gasteiger partial charge in [-0.25, -0.2) is 5.06 Å². The molecule has 0 N–H and O–H groups in total. The number of amides is 1. The molecule has 6 nitrogen and oxygen atoms in total. The summed E-state index contributed by atoms with van der Waals surface area (Å²) in [4.78, 5) is 24.9. The van der Waals surface area contributed by atoms with Crippen LogP contribution in [0.2, 0.25) is 0 Å². The van der Waals surface area contributed by atoms with Crippen molar-refractivity contribution in [2.45, 2.75) is 19.4 Å². The molecule has 3 saturated heterocycles. The van der Waals surface area contributed by atoms with Crippen LogP contribution in [0.1, 0.15) is 18.4 Å². The molecule has 6 heteroatoms. The van der Waals surface area contributed by atoms with E-state index in [2.05, 4.69) is 22.0 Å². The van der Waals surface area contributed by atoms with E-state index in [4.69, 9.17) is 9.57 Å². The monoisotopic (exact) mass is 331 g/mol. The van der Waals surface area contributed by atoms with Gasteiger partial charge in [0.2, 0.25) is 0 Å². The smallest absolute Gasteiger partial charge is 0.251 e. The Labute approximate surface area is 142 Å². The normalized spacial score (nSPS) is 31.0. The minimum Gasteiger partial charge on any atom is -0.380 e. The fraction of sp³-hybridized carbons (Fsp3) is 0.667. The molecule has 0 aliphatic carbocycles. The van der Waals surface area contributed by atoms with Gasteiger partial charge in [-0.2, -0.15) is 0 Å². The van der Waals surface area contributed by atoms with Gasteiger partial charge in [-0.1, -0.05) is 0 Å². The highest BCUT2D eigenvalue weighted by Crippen LogP contribution is 2.36. The zero-order chi connectivity index (χ0) is 16.4. The van der Waals surface area contributed by atoms with Gasteiger partial charge in [0, 0.05) is 38.6 Å². The topological polar surface area (TPSA) is 54.9 Å². The summed E-state index contributed by atoms with van der Waals surface area (Å²) in [5.41, 5.74) is 1.27. The van der Waals surface area contributed by atoms with Gasteiger partial charge in [0.1, 0.15) is 0 Å². The molecular weight excluding hydrogens is 306 g/mol. The molecule has 1 aromatic heterocycles. The second-order valence-corrected chi connectivity index (χ2v) is 7.10. The van der Waals surface area contributed by atoms with Crippen LogP contribution in [0.25, 0.3) is 0 Å². The first-order valence-corrected chi connectivity index (χ1v) is 8.94. The number of hydrogen-bond acceptors (Lipinski definition) is 5. The highest BCUT2D eigenvalue weighted by molar-refractivity contribution is 5.78. The summed E-state index contributed by atoms with van der Waals surface area (Å²) >= 11 is 0. The van der Waals surface area contributed by atoms with E-state index in [0.717, 1.165) is 39.1 Å². The summed E-state index contributed by atoms with van der Waals surface area (Å²) in [5, 5.41) is 1.59. The number of hydrogen-bond donors (Lipinski definition) is 0. The average Bonchev–Trinajstić information content (AvgIpc) is 3.05. The van der Waals surface area contributed by atoms with Crippen LogP contribution in [0.15, 0.2) is 24.5 Å². The summed E-state index contributed by atoms with van der Waals surface area (Å²) < 4.78 is 5.77. The fourth-order valence-electron chi connectivity index (χ4n) is 4.18. The number of likely N-dealkylation sites (tertiary alicyclic amines) is 1. The first-order chi connectivity index (χ1) is 11.8. The maximum atomic E-state index is 12.9. The Morgan fingerprint density at radius 3 is 2.88 bits per heavy atom. The van der Waals surface area contributed by atoms with Gasteiger partial charge in [-0.15, -0.1) is 0 Å². The molecule has 24 heavy (non-hydrogen) atoms. The van der Waals surface area contributed by atoms with Gasteiger partial charge in [0.25, 0.3) is 5.91 Å². The number of ether oxygens (including phenoxy) is 1. The van der Waals surface area contributed by atoms with Crippen LogP contribution in [-0.2, 0) is 20.9 Å². The Morgan fingerprint density at radius 1 is 1.21 bits per heavy atom. The van der Waals surface area contributed by atoms with Crippen LogP contribution in [0, 0.1) is 17.8 Å². The maximum absolute atomic E-state index is 12.9. The number of carbonyl (C=O) groups is 1. The molecule has 0 bridgehead atoms. The minimum absolute atomic E-state index is 0.0655. The molecule has 3 aliphatic heterocycles. The molecule has 1 aromatic rings. The first kappa shape index (κ1) is 16.0. The summed E-state index contributed by atoms with van der Waals surface area (Å²) in [6.07, 6.45) is 5.74. The first-order valence-electron chi connectivity index (χ1n) is 8.94. The van der Waals surface area contributed by atoms with Crippen molar-refractivity contribution in [1.82, 2.24) is 14.9 Å². The fourth-order valence-corrected chi connectivity index (χ4v) is 4.18. The predicted molar refractivity (Wildman–Crippen MR) is 87.7 cm³/mol. The molecular formula is C18H25N3O3. The van der Waals surface area contributed by atoms with Gasteiger partial charge < -0.3 is 4.74 Å². The van der Waals surface area contributed by atoms with Crippen LogP contribution in [0.4, 0.5) is 0 Å².